The summed E-state index contributed by atoms with van der Waals surface area (Å²) in [6, 6.07) is 10.2. The molecule has 102 valence electrons. The molecule has 0 amide bonds. The lowest BCUT2D eigenvalue weighted by atomic mass is 10.1. The predicted molar refractivity (Wildman–Crippen MR) is 84.9 cm³/mol. The normalized spacial score (nSPS) is 10.3. The van der Waals surface area contributed by atoms with Crippen molar-refractivity contribution in [2.24, 2.45) is 0 Å². The van der Waals surface area contributed by atoms with Crippen LogP contribution in [0.25, 0.3) is 10.9 Å². The van der Waals surface area contributed by atoms with Gasteiger partial charge in [0.05, 0.1) is 11.2 Å². The fourth-order valence-corrected chi connectivity index (χ4v) is 2.30. The van der Waals surface area contributed by atoms with Gasteiger partial charge in [-0.05, 0) is 36.4 Å². The summed E-state index contributed by atoms with van der Waals surface area (Å²) in [5.41, 5.74) is 1.80. The van der Waals surface area contributed by atoms with Gasteiger partial charge in [-0.25, -0.2) is 14.4 Å². The molecule has 0 aliphatic heterocycles. The molecule has 0 saturated carbocycles. The molecule has 21 heavy (non-hydrogen) atoms. The van der Waals surface area contributed by atoms with Crippen LogP contribution >= 0.6 is 15.9 Å². The number of hydrogen-bond acceptors (Lipinski definition) is 3. The number of terminal acetylenes is 1. The summed E-state index contributed by atoms with van der Waals surface area (Å²) < 4.78 is 14.6. The third-order valence-electron chi connectivity index (χ3n) is 2.99. The van der Waals surface area contributed by atoms with E-state index in [1.165, 1.54) is 12.4 Å². The predicted octanol–water partition coefficient (Wildman–Crippen LogP) is 4.26. The first kappa shape index (κ1) is 13.5. The number of halogens is 2. The van der Waals surface area contributed by atoms with E-state index in [2.05, 4.69) is 37.1 Å². The molecule has 5 heteroatoms. The topological polar surface area (TPSA) is 37.8 Å². The van der Waals surface area contributed by atoms with Gasteiger partial charge in [0.2, 0.25) is 0 Å². The lowest BCUT2D eigenvalue weighted by Crippen LogP contribution is -1.98. The van der Waals surface area contributed by atoms with Crippen LogP contribution in [0.4, 0.5) is 15.9 Å². The molecule has 3 aromatic rings. The largest absolute Gasteiger partial charge is 0.337 e. The number of hydrogen-bond donors (Lipinski definition) is 1. The average molecular weight is 342 g/mol. The van der Waals surface area contributed by atoms with Crippen molar-refractivity contribution in [2.75, 3.05) is 5.32 Å². The monoisotopic (exact) mass is 341 g/mol. The zero-order valence-corrected chi connectivity index (χ0v) is 12.4. The Morgan fingerprint density at radius 2 is 2.00 bits per heavy atom. The average Bonchev–Trinajstić information content (AvgIpc) is 2.50. The van der Waals surface area contributed by atoms with Crippen molar-refractivity contribution < 1.29 is 4.39 Å². The summed E-state index contributed by atoms with van der Waals surface area (Å²) in [4.78, 5) is 8.35. The number of rotatable bonds is 2. The Hall–Kier alpha value is -2.45. The molecule has 0 bridgehead atoms. The Labute approximate surface area is 129 Å². The first-order valence-corrected chi connectivity index (χ1v) is 6.90. The van der Waals surface area contributed by atoms with Crippen LogP contribution in [-0.4, -0.2) is 9.97 Å². The molecule has 2 aromatic carbocycles. The molecule has 1 N–H and O–H groups in total. The first-order valence-electron chi connectivity index (χ1n) is 6.11. The molecule has 3 rings (SSSR count). The van der Waals surface area contributed by atoms with Gasteiger partial charge in [-0.3, -0.25) is 0 Å². The zero-order chi connectivity index (χ0) is 14.8. The van der Waals surface area contributed by atoms with Gasteiger partial charge in [-0.2, -0.15) is 0 Å². The number of nitrogens with zero attached hydrogens (tertiary/aromatic N) is 2. The third kappa shape index (κ3) is 2.71. The third-order valence-corrected chi connectivity index (χ3v) is 3.48. The molecule has 0 fully saturated rings. The van der Waals surface area contributed by atoms with E-state index in [4.69, 9.17) is 6.42 Å². The summed E-state index contributed by atoms with van der Waals surface area (Å²) in [5, 5.41) is 3.72. The van der Waals surface area contributed by atoms with E-state index in [0.717, 1.165) is 16.5 Å². The molecule has 0 aliphatic carbocycles. The van der Waals surface area contributed by atoms with Crippen molar-refractivity contribution in [3.63, 3.8) is 0 Å². The minimum absolute atomic E-state index is 0.337. The highest BCUT2D eigenvalue weighted by Gasteiger charge is 2.08. The van der Waals surface area contributed by atoms with Crippen molar-refractivity contribution in [2.45, 2.75) is 0 Å². The number of nitrogens with one attached hydrogen (secondary N) is 1. The zero-order valence-electron chi connectivity index (χ0n) is 10.8. The van der Waals surface area contributed by atoms with Crippen LogP contribution in [-0.2, 0) is 0 Å². The van der Waals surface area contributed by atoms with Gasteiger partial charge in [0.25, 0.3) is 0 Å². The maximum Gasteiger partial charge on any atom is 0.147 e. The van der Waals surface area contributed by atoms with Crippen LogP contribution in [0.15, 0.2) is 47.2 Å². The van der Waals surface area contributed by atoms with Crippen LogP contribution in [0.3, 0.4) is 0 Å². The molecular weight excluding hydrogens is 333 g/mol. The van der Waals surface area contributed by atoms with E-state index in [1.54, 1.807) is 24.3 Å². The van der Waals surface area contributed by atoms with Crippen molar-refractivity contribution >= 4 is 38.3 Å². The Balaban J connectivity index is 2.10. The van der Waals surface area contributed by atoms with Crippen LogP contribution in [0, 0.1) is 18.2 Å². The molecule has 0 saturated heterocycles. The molecule has 0 aliphatic rings. The summed E-state index contributed by atoms with van der Waals surface area (Å²) in [6.07, 6.45) is 6.84. The van der Waals surface area contributed by atoms with E-state index in [9.17, 15) is 4.39 Å². The molecule has 0 atom stereocenters. The lowest BCUT2D eigenvalue weighted by molar-refractivity contribution is 0.631. The second-order valence-electron chi connectivity index (χ2n) is 4.35. The molecule has 0 unspecified atom stereocenters. The molecule has 3 nitrogen and oxygen atoms in total. The minimum atomic E-state index is -0.371. The Bertz CT molecular complexity index is 871. The lowest BCUT2D eigenvalue weighted by Gasteiger charge is -2.09. The summed E-state index contributed by atoms with van der Waals surface area (Å²) >= 11 is 3.22. The first-order chi connectivity index (χ1) is 10.2. The second-order valence-corrected chi connectivity index (χ2v) is 5.26. The van der Waals surface area contributed by atoms with E-state index >= 15 is 0 Å². The highest BCUT2D eigenvalue weighted by Crippen LogP contribution is 2.26. The summed E-state index contributed by atoms with van der Waals surface area (Å²) in [6.45, 7) is 0. The van der Waals surface area contributed by atoms with Gasteiger partial charge in [-0.1, -0.05) is 21.9 Å². The van der Waals surface area contributed by atoms with Crippen molar-refractivity contribution in [3.8, 4) is 12.3 Å². The van der Waals surface area contributed by atoms with Gasteiger partial charge in [0.1, 0.15) is 18.0 Å². The van der Waals surface area contributed by atoms with Gasteiger partial charge in [0, 0.05) is 15.4 Å². The SMILES string of the molecule is C#Cc1ccc2ncnc(Nc3ccc(Br)cc3F)c2c1. The van der Waals surface area contributed by atoms with E-state index < -0.39 is 0 Å². The fourth-order valence-electron chi connectivity index (χ4n) is 1.96. The Kier molecular flexibility index (Phi) is 3.55. The van der Waals surface area contributed by atoms with Gasteiger partial charge in [-0.15, -0.1) is 6.42 Å². The van der Waals surface area contributed by atoms with Crippen molar-refractivity contribution in [1.82, 2.24) is 9.97 Å². The Morgan fingerprint density at radius 1 is 1.14 bits per heavy atom. The standard InChI is InChI=1S/C16H9BrFN3/c1-2-10-3-5-14-12(7-10)16(20-9-19-14)21-15-6-4-11(17)8-13(15)18/h1,3-9H,(H,19,20,21). The van der Waals surface area contributed by atoms with Crippen LogP contribution in [0.1, 0.15) is 5.56 Å². The van der Waals surface area contributed by atoms with Gasteiger partial charge < -0.3 is 5.32 Å². The maximum absolute atomic E-state index is 13.9. The van der Waals surface area contributed by atoms with Gasteiger partial charge in [0.15, 0.2) is 0 Å². The number of anilines is 2. The molecule has 0 spiro atoms. The van der Waals surface area contributed by atoms with Crippen molar-refractivity contribution in [1.29, 1.82) is 0 Å². The number of aromatic nitrogens is 2. The van der Waals surface area contributed by atoms with Crippen LogP contribution < -0.4 is 5.32 Å². The smallest absolute Gasteiger partial charge is 0.147 e. The summed E-state index contributed by atoms with van der Waals surface area (Å²) in [5.74, 6) is 2.71. The molecular formula is C16H9BrFN3. The number of fused-ring (bicyclic) bond motifs is 1. The second kappa shape index (κ2) is 5.51. The molecule has 1 heterocycles. The highest BCUT2D eigenvalue weighted by atomic mass is 79.9. The number of benzene rings is 2. The van der Waals surface area contributed by atoms with E-state index in [1.807, 2.05) is 6.07 Å². The highest BCUT2D eigenvalue weighted by molar-refractivity contribution is 9.10. The van der Waals surface area contributed by atoms with Crippen molar-refractivity contribution in [3.05, 3.63) is 58.6 Å². The fraction of sp³-hybridized carbons (Fsp3) is 0. The van der Waals surface area contributed by atoms with Crippen LogP contribution in [0.5, 0.6) is 0 Å². The molecule has 1 aromatic heterocycles. The van der Waals surface area contributed by atoms with E-state index in [-0.39, 0.29) is 5.82 Å². The van der Waals surface area contributed by atoms with E-state index in [0.29, 0.717) is 16.0 Å². The van der Waals surface area contributed by atoms with Gasteiger partial charge >= 0.3 is 0 Å². The quantitative estimate of drug-likeness (QED) is 0.708. The Morgan fingerprint density at radius 3 is 2.76 bits per heavy atom. The van der Waals surface area contributed by atoms with Crippen LogP contribution in [0.2, 0.25) is 0 Å². The molecule has 0 radical (unpaired) electrons. The maximum atomic E-state index is 13.9. The summed E-state index contributed by atoms with van der Waals surface area (Å²) in [7, 11) is 0. The minimum Gasteiger partial charge on any atom is -0.337 e.